The predicted octanol–water partition coefficient (Wildman–Crippen LogP) is 3.11. The Bertz CT molecular complexity index is 174. The van der Waals surface area contributed by atoms with Crippen molar-refractivity contribution >= 4 is 38.0 Å². The van der Waals surface area contributed by atoms with Gasteiger partial charge in [-0.25, -0.2) is 2.95 Å². The molecule has 1 aromatic rings. The minimum absolute atomic E-state index is 1.08. The van der Waals surface area contributed by atoms with E-state index in [1.165, 1.54) is 0 Å². The van der Waals surface area contributed by atoms with Gasteiger partial charge < -0.3 is 0 Å². The quantitative estimate of drug-likeness (QED) is 0.693. The highest BCUT2D eigenvalue weighted by Gasteiger charge is 1.92. The van der Waals surface area contributed by atoms with Gasteiger partial charge in [-0.05, 0) is 12.1 Å². The van der Waals surface area contributed by atoms with Crippen molar-refractivity contribution in [1.82, 2.24) is 0 Å². The van der Waals surface area contributed by atoms with Crippen molar-refractivity contribution in [1.29, 1.82) is 0 Å². The summed E-state index contributed by atoms with van der Waals surface area (Å²) < 4.78 is 1.71. The van der Waals surface area contributed by atoms with Crippen molar-refractivity contribution in [3.63, 3.8) is 0 Å². The number of anilines is 1. The fourth-order valence-corrected chi connectivity index (χ4v) is 1.01. The minimum Gasteiger partial charge on any atom is -0.243 e. The number of halogens is 2. The second kappa shape index (κ2) is 3.22. The lowest BCUT2D eigenvalue weighted by atomic mass is 10.3. The molecule has 0 aromatic heterocycles. The van der Waals surface area contributed by atoms with Gasteiger partial charge in [-0.3, -0.25) is 0 Å². The molecule has 1 nitrogen and oxygen atoms in total. The molecule has 0 N–H and O–H groups in total. The molecule has 0 aliphatic heterocycles. The minimum atomic E-state index is 1.08. The molecule has 0 aliphatic carbocycles. The molecule has 0 saturated heterocycles. The third kappa shape index (κ3) is 1.99. The van der Waals surface area contributed by atoms with E-state index in [4.69, 9.17) is 0 Å². The molecule has 0 bridgehead atoms. The van der Waals surface area contributed by atoms with Crippen molar-refractivity contribution in [2.45, 2.75) is 0 Å². The molecule has 0 spiro atoms. The molecule has 0 amide bonds. The molecule has 0 unspecified atom stereocenters. The number of nitrogens with zero attached hydrogens (tertiary/aromatic N) is 1. The van der Waals surface area contributed by atoms with E-state index < -0.39 is 0 Å². The maximum atomic E-state index is 3.23. The van der Waals surface area contributed by atoms with Crippen LogP contribution >= 0.6 is 32.3 Å². The maximum absolute atomic E-state index is 3.23. The predicted molar refractivity (Wildman–Crippen MR) is 46.8 cm³/mol. The first-order valence-electron chi connectivity index (χ1n) is 2.47. The number of rotatable bonds is 1. The summed E-state index contributed by atoms with van der Waals surface area (Å²) in [6.45, 7) is 0. The molecule has 9 heavy (non-hydrogen) atoms. The summed E-state index contributed by atoms with van der Waals surface area (Å²) in [5.41, 5.74) is 1.08. The maximum Gasteiger partial charge on any atom is 0.0617 e. The lowest BCUT2D eigenvalue weighted by Gasteiger charge is -2.03. The van der Waals surface area contributed by atoms with Crippen LogP contribution in [0.1, 0.15) is 0 Å². The number of para-hydroxylation sites is 1. The van der Waals surface area contributed by atoms with Crippen LogP contribution in [0.2, 0.25) is 0 Å². The second-order valence-corrected chi connectivity index (χ2v) is 3.94. The van der Waals surface area contributed by atoms with E-state index in [-0.39, 0.29) is 0 Å². The zero-order valence-electron chi connectivity index (χ0n) is 4.59. The molecule has 0 radical (unpaired) electrons. The Balaban J connectivity index is 2.85. The summed E-state index contributed by atoms with van der Waals surface area (Å²) in [5.74, 6) is 0. The van der Waals surface area contributed by atoms with Crippen molar-refractivity contribution in [2.75, 3.05) is 2.95 Å². The third-order valence-corrected chi connectivity index (χ3v) is 1.77. The third-order valence-electron chi connectivity index (χ3n) is 0.951. The van der Waals surface area contributed by atoms with Crippen LogP contribution < -0.4 is 2.95 Å². The van der Waals surface area contributed by atoms with Crippen LogP contribution in [-0.2, 0) is 0 Å². The molecule has 0 fully saturated rings. The SMILES string of the molecule is BrN(Br)c1ccccc1. The van der Waals surface area contributed by atoms with Crippen LogP contribution in [0.25, 0.3) is 0 Å². The second-order valence-electron chi connectivity index (χ2n) is 1.57. The molecule has 1 aromatic carbocycles. The van der Waals surface area contributed by atoms with Gasteiger partial charge in [0.05, 0.1) is 38.0 Å². The van der Waals surface area contributed by atoms with Crippen LogP contribution in [-0.4, -0.2) is 0 Å². The van der Waals surface area contributed by atoms with E-state index in [0.29, 0.717) is 0 Å². The average Bonchev–Trinajstić information content (AvgIpc) is 1.90. The first kappa shape index (κ1) is 7.09. The van der Waals surface area contributed by atoms with E-state index in [2.05, 4.69) is 32.3 Å². The van der Waals surface area contributed by atoms with E-state index in [1.807, 2.05) is 30.3 Å². The normalized spacial score (nSPS) is 9.11. The number of hydrogen-bond donors (Lipinski definition) is 0. The van der Waals surface area contributed by atoms with Crippen LogP contribution in [0, 0.1) is 0 Å². The van der Waals surface area contributed by atoms with Crippen LogP contribution in [0.5, 0.6) is 0 Å². The summed E-state index contributed by atoms with van der Waals surface area (Å²) in [6.07, 6.45) is 0. The van der Waals surface area contributed by atoms with Gasteiger partial charge in [0.1, 0.15) is 0 Å². The van der Waals surface area contributed by atoms with E-state index in [9.17, 15) is 0 Å². The van der Waals surface area contributed by atoms with E-state index in [0.717, 1.165) is 5.69 Å². The standard InChI is InChI=1S/C6H5Br2N/c7-9(8)6-4-2-1-3-5-6/h1-5H. The Morgan fingerprint density at radius 2 is 1.56 bits per heavy atom. The Kier molecular flexibility index (Phi) is 2.54. The summed E-state index contributed by atoms with van der Waals surface area (Å²) in [4.78, 5) is 0. The van der Waals surface area contributed by atoms with Crippen LogP contribution in [0.3, 0.4) is 0 Å². The van der Waals surface area contributed by atoms with Gasteiger partial charge in [-0.15, -0.1) is 0 Å². The van der Waals surface area contributed by atoms with Gasteiger partial charge in [-0.2, -0.15) is 0 Å². The number of hydrogen-bond acceptors (Lipinski definition) is 1. The lowest BCUT2D eigenvalue weighted by molar-refractivity contribution is 1.64. The van der Waals surface area contributed by atoms with Crippen LogP contribution in [0.4, 0.5) is 5.69 Å². The molecule has 48 valence electrons. The smallest absolute Gasteiger partial charge is 0.0617 e. The van der Waals surface area contributed by atoms with E-state index >= 15 is 0 Å². The van der Waals surface area contributed by atoms with Gasteiger partial charge in [0.2, 0.25) is 0 Å². The summed E-state index contributed by atoms with van der Waals surface area (Å²) >= 11 is 6.46. The van der Waals surface area contributed by atoms with Crippen LogP contribution in [0.15, 0.2) is 30.3 Å². The highest BCUT2D eigenvalue weighted by molar-refractivity contribution is 9.25. The van der Waals surface area contributed by atoms with Crippen molar-refractivity contribution in [2.24, 2.45) is 0 Å². The fraction of sp³-hybridized carbons (Fsp3) is 0. The largest absolute Gasteiger partial charge is 0.243 e. The average molecular weight is 251 g/mol. The van der Waals surface area contributed by atoms with Gasteiger partial charge in [0.25, 0.3) is 0 Å². The highest BCUT2D eigenvalue weighted by atomic mass is 79.9. The molecule has 0 atom stereocenters. The molecule has 0 aliphatic rings. The summed E-state index contributed by atoms with van der Waals surface area (Å²) in [5, 5.41) is 0. The molecule has 0 saturated carbocycles. The Morgan fingerprint density at radius 3 is 1.89 bits per heavy atom. The zero-order chi connectivity index (χ0) is 6.69. The van der Waals surface area contributed by atoms with Gasteiger partial charge in [0.15, 0.2) is 0 Å². The Morgan fingerprint density at radius 1 is 1.00 bits per heavy atom. The summed E-state index contributed by atoms with van der Waals surface area (Å²) in [6, 6.07) is 9.91. The van der Waals surface area contributed by atoms with Gasteiger partial charge >= 0.3 is 0 Å². The monoisotopic (exact) mass is 249 g/mol. The van der Waals surface area contributed by atoms with Crippen molar-refractivity contribution < 1.29 is 0 Å². The van der Waals surface area contributed by atoms with Gasteiger partial charge in [0, 0.05) is 0 Å². The molecule has 0 heterocycles. The first-order valence-corrected chi connectivity index (χ1v) is 3.89. The highest BCUT2D eigenvalue weighted by Crippen LogP contribution is 2.20. The zero-order valence-corrected chi connectivity index (χ0v) is 7.76. The molecule has 3 heteroatoms. The van der Waals surface area contributed by atoms with Crippen molar-refractivity contribution in [3.05, 3.63) is 30.3 Å². The summed E-state index contributed by atoms with van der Waals surface area (Å²) in [7, 11) is 0. The van der Waals surface area contributed by atoms with Gasteiger partial charge in [-0.1, -0.05) is 18.2 Å². The fourth-order valence-electron chi connectivity index (χ4n) is 0.541. The number of benzene rings is 1. The topological polar surface area (TPSA) is 3.24 Å². The Hall–Kier alpha value is -0.0200. The first-order chi connectivity index (χ1) is 4.30. The van der Waals surface area contributed by atoms with E-state index in [1.54, 1.807) is 2.95 Å². The molecule has 1 rings (SSSR count). The molecular weight excluding hydrogens is 246 g/mol. The lowest BCUT2D eigenvalue weighted by Crippen LogP contribution is -1.87. The van der Waals surface area contributed by atoms with Crippen molar-refractivity contribution in [3.8, 4) is 0 Å². The molecular formula is C6H5Br2N. The Labute approximate surface area is 71.3 Å².